The highest BCUT2D eigenvalue weighted by Gasteiger charge is 2.23. The Hall–Kier alpha value is -7.30. The highest BCUT2D eigenvalue weighted by Crippen LogP contribution is 2.49. The minimum absolute atomic E-state index is 1.10. The molecule has 2 aromatic heterocycles. The fourth-order valence-electron chi connectivity index (χ4n) is 9.19. The summed E-state index contributed by atoms with van der Waals surface area (Å²) in [5, 5.41) is 7.72. The topological polar surface area (TPSA) is 3.24 Å². The van der Waals surface area contributed by atoms with Crippen LogP contribution < -0.4 is 4.90 Å². The molecule has 286 valence electrons. The van der Waals surface area contributed by atoms with Crippen LogP contribution in [0.5, 0.6) is 0 Å². The average molecular weight is 812 g/mol. The van der Waals surface area contributed by atoms with Gasteiger partial charge >= 0.3 is 0 Å². The molecular formula is C58H37NS2. The number of para-hydroxylation sites is 2. The Labute approximate surface area is 362 Å². The first-order chi connectivity index (χ1) is 30.2. The highest BCUT2D eigenvalue weighted by atomic mass is 32.1. The second kappa shape index (κ2) is 14.8. The third kappa shape index (κ3) is 6.13. The molecule has 0 atom stereocenters. The van der Waals surface area contributed by atoms with Gasteiger partial charge in [0.2, 0.25) is 0 Å². The summed E-state index contributed by atoms with van der Waals surface area (Å²) < 4.78 is 5.25. The number of nitrogens with zero attached hydrogens (tertiary/aromatic N) is 1. The molecule has 61 heavy (non-hydrogen) atoms. The lowest BCUT2D eigenvalue weighted by atomic mass is 9.91. The zero-order valence-electron chi connectivity index (χ0n) is 33.1. The number of hydrogen-bond acceptors (Lipinski definition) is 3. The van der Waals surface area contributed by atoms with Crippen molar-refractivity contribution in [3.05, 3.63) is 224 Å². The van der Waals surface area contributed by atoms with Crippen molar-refractivity contribution >= 4 is 90.9 Å². The van der Waals surface area contributed by atoms with Gasteiger partial charge < -0.3 is 4.90 Å². The van der Waals surface area contributed by atoms with Gasteiger partial charge in [-0.05, 0) is 87.1 Å². The molecule has 0 aliphatic heterocycles. The Morgan fingerprint density at radius 3 is 1.57 bits per heavy atom. The van der Waals surface area contributed by atoms with Crippen molar-refractivity contribution in [2.45, 2.75) is 0 Å². The Kier molecular flexibility index (Phi) is 8.62. The third-order valence-electron chi connectivity index (χ3n) is 12.1. The smallest absolute Gasteiger partial charge is 0.0540 e. The zero-order valence-corrected chi connectivity index (χ0v) is 34.8. The van der Waals surface area contributed by atoms with Gasteiger partial charge in [-0.1, -0.05) is 176 Å². The van der Waals surface area contributed by atoms with Crippen molar-refractivity contribution in [2.75, 3.05) is 4.90 Å². The van der Waals surface area contributed by atoms with E-state index in [1.807, 2.05) is 22.7 Å². The van der Waals surface area contributed by atoms with Crippen LogP contribution in [0.3, 0.4) is 0 Å². The van der Waals surface area contributed by atoms with Crippen LogP contribution in [0, 0.1) is 0 Å². The number of thiophene rings is 2. The molecule has 0 aliphatic carbocycles. The van der Waals surface area contributed by atoms with Gasteiger partial charge in [0.05, 0.1) is 11.4 Å². The monoisotopic (exact) mass is 811 g/mol. The van der Waals surface area contributed by atoms with Gasteiger partial charge in [-0.2, -0.15) is 0 Å². The van der Waals surface area contributed by atoms with Gasteiger partial charge in [-0.15, -0.1) is 22.7 Å². The standard InChI is InChI=1S/C58H37NS2/c1-2-15-40-36-42(29-28-38(40)14-1)44-16-3-4-17-45(44)46-18-5-9-24-53(46)59(43-33-30-39(31-34-43)41-32-35-50-48-20-7-11-26-55(48)60-57(50)37-41)54-25-10-6-19-47(54)51-22-13-23-52-49-21-8-12-27-56(49)61-58(51)52/h1-37H. The largest absolute Gasteiger partial charge is 0.309 e. The molecule has 12 rings (SSSR count). The minimum atomic E-state index is 1.10. The quantitative estimate of drug-likeness (QED) is 0.155. The molecule has 0 bridgehead atoms. The van der Waals surface area contributed by atoms with Gasteiger partial charge in [-0.3, -0.25) is 0 Å². The molecule has 0 N–H and O–H groups in total. The van der Waals surface area contributed by atoms with Crippen LogP contribution in [0.2, 0.25) is 0 Å². The number of anilines is 3. The van der Waals surface area contributed by atoms with Crippen molar-refractivity contribution < 1.29 is 0 Å². The zero-order chi connectivity index (χ0) is 40.3. The number of benzene rings is 10. The van der Waals surface area contributed by atoms with Crippen LogP contribution in [-0.4, -0.2) is 0 Å². The number of hydrogen-bond donors (Lipinski definition) is 0. The van der Waals surface area contributed by atoms with Gasteiger partial charge in [0, 0.05) is 62.7 Å². The lowest BCUT2D eigenvalue weighted by Crippen LogP contribution is -2.12. The predicted molar refractivity (Wildman–Crippen MR) is 266 cm³/mol. The third-order valence-corrected chi connectivity index (χ3v) is 14.5. The Bertz CT molecular complexity index is 3610. The first kappa shape index (κ1) is 35.6. The maximum absolute atomic E-state index is 2.48. The Balaban J connectivity index is 1.05. The predicted octanol–water partition coefficient (Wildman–Crippen LogP) is 17.7. The summed E-state index contributed by atoms with van der Waals surface area (Å²) in [4.78, 5) is 2.48. The molecule has 3 heteroatoms. The average Bonchev–Trinajstić information content (AvgIpc) is 3.90. The van der Waals surface area contributed by atoms with Crippen LogP contribution >= 0.6 is 22.7 Å². The van der Waals surface area contributed by atoms with E-state index in [1.165, 1.54) is 95.6 Å². The number of rotatable bonds is 7. The van der Waals surface area contributed by atoms with E-state index in [0.29, 0.717) is 0 Å². The summed E-state index contributed by atoms with van der Waals surface area (Å²) in [5.41, 5.74) is 12.9. The number of fused-ring (bicyclic) bond motifs is 7. The lowest BCUT2D eigenvalue weighted by molar-refractivity contribution is 1.28. The fraction of sp³-hybridized carbons (Fsp3) is 0. The van der Waals surface area contributed by atoms with E-state index in [-0.39, 0.29) is 0 Å². The second-order valence-electron chi connectivity index (χ2n) is 15.6. The lowest BCUT2D eigenvalue weighted by Gasteiger charge is -2.30. The summed E-state index contributed by atoms with van der Waals surface area (Å²) in [5.74, 6) is 0. The molecule has 0 radical (unpaired) electrons. The molecule has 0 unspecified atom stereocenters. The molecule has 1 nitrogen and oxygen atoms in total. The van der Waals surface area contributed by atoms with Crippen molar-refractivity contribution in [3.8, 4) is 44.5 Å². The molecule has 0 saturated heterocycles. The van der Waals surface area contributed by atoms with E-state index in [2.05, 4.69) is 229 Å². The molecule has 10 aromatic carbocycles. The molecule has 12 aromatic rings. The molecule has 0 aliphatic rings. The molecular weight excluding hydrogens is 775 g/mol. The van der Waals surface area contributed by atoms with E-state index in [4.69, 9.17) is 0 Å². The van der Waals surface area contributed by atoms with Crippen LogP contribution in [0.15, 0.2) is 224 Å². The summed E-state index contributed by atoms with van der Waals surface area (Å²) in [6.45, 7) is 0. The fourth-order valence-corrected chi connectivity index (χ4v) is 11.6. The van der Waals surface area contributed by atoms with E-state index >= 15 is 0 Å². The van der Waals surface area contributed by atoms with Crippen LogP contribution in [0.25, 0.3) is 95.6 Å². The Morgan fingerprint density at radius 2 is 0.803 bits per heavy atom. The summed E-state index contributed by atoms with van der Waals surface area (Å²) in [6.07, 6.45) is 0. The van der Waals surface area contributed by atoms with Crippen molar-refractivity contribution in [1.29, 1.82) is 0 Å². The van der Waals surface area contributed by atoms with E-state index in [0.717, 1.165) is 17.1 Å². The SMILES string of the molecule is c1ccc(-c2ccccc2N(c2ccc(-c3ccc4c(c3)sc3ccccc34)cc2)c2ccccc2-c2cccc3c2sc2ccccc23)c(-c2ccc3ccccc3c2)c1. The molecule has 0 fully saturated rings. The molecule has 2 heterocycles. The normalized spacial score (nSPS) is 11.6. The second-order valence-corrected chi connectivity index (χ2v) is 17.7. The van der Waals surface area contributed by atoms with Gasteiger partial charge in [-0.25, -0.2) is 0 Å². The first-order valence-corrected chi connectivity index (χ1v) is 22.4. The maximum Gasteiger partial charge on any atom is 0.0540 e. The van der Waals surface area contributed by atoms with Gasteiger partial charge in [0.1, 0.15) is 0 Å². The summed E-state index contributed by atoms with van der Waals surface area (Å²) in [7, 11) is 0. The summed E-state index contributed by atoms with van der Waals surface area (Å²) in [6, 6.07) is 82.5. The van der Waals surface area contributed by atoms with Crippen molar-refractivity contribution in [2.24, 2.45) is 0 Å². The first-order valence-electron chi connectivity index (χ1n) is 20.7. The molecule has 0 amide bonds. The molecule has 0 saturated carbocycles. The summed E-state index contributed by atoms with van der Waals surface area (Å²) >= 11 is 3.75. The van der Waals surface area contributed by atoms with Gasteiger partial charge in [0.15, 0.2) is 0 Å². The van der Waals surface area contributed by atoms with E-state index in [9.17, 15) is 0 Å². The maximum atomic E-state index is 2.48. The van der Waals surface area contributed by atoms with Crippen LogP contribution in [0.4, 0.5) is 17.1 Å². The highest BCUT2D eigenvalue weighted by molar-refractivity contribution is 7.26. The van der Waals surface area contributed by atoms with Crippen LogP contribution in [0.1, 0.15) is 0 Å². The Morgan fingerprint density at radius 1 is 0.279 bits per heavy atom. The van der Waals surface area contributed by atoms with E-state index in [1.54, 1.807) is 0 Å². The van der Waals surface area contributed by atoms with Crippen molar-refractivity contribution in [3.63, 3.8) is 0 Å². The van der Waals surface area contributed by atoms with Crippen LogP contribution in [-0.2, 0) is 0 Å². The molecule has 0 spiro atoms. The van der Waals surface area contributed by atoms with Crippen molar-refractivity contribution in [1.82, 2.24) is 0 Å². The van der Waals surface area contributed by atoms with Gasteiger partial charge in [0.25, 0.3) is 0 Å². The van der Waals surface area contributed by atoms with E-state index < -0.39 is 0 Å². The minimum Gasteiger partial charge on any atom is -0.309 e.